The Morgan fingerprint density at radius 3 is 2.52 bits per heavy atom. The lowest BCUT2D eigenvalue weighted by Gasteiger charge is -2.38. The maximum atomic E-state index is 13.0. The molecule has 23 heavy (non-hydrogen) atoms. The van der Waals surface area contributed by atoms with Gasteiger partial charge in [0.25, 0.3) is 5.91 Å². The molecule has 5 nitrogen and oxygen atoms in total. The largest absolute Gasteiger partial charge is 0.338 e. The molecule has 0 radical (unpaired) electrons. The van der Waals surface area contributed by atoms with E-state index in [-0.39, 0.29) is 11.4 Å². The number of aromatic nitrogens is 2. The molecule has 1 spiro atoms. The van der Waals surface area contributed by atoms with Crippen molar-refractivity contribution in [1.29, 1.82) is 0 Å². The standard InChI is InChI=1S/C18H30N4O/c1-5-15-14(12-20-22(15)17(2,3)4)16(23)21-10-7-18(8-11-21)6-9-19-13-18/h12,19H,5-11,13H2,1-4H3. The molecule has 0 unspecified atom stereocenters. The monoisotopic (exact) mass is 318 g/mol. The van der Waals surface area contributed by atoms with Crippen LogP contribution in [0.2, 0.25) is 0 Å². The Hall–Kier alpha value is -1.36. The SMILES string of the molecule is CCc1c(C(=O)N2CCC3(CCNC3)CC2)cnn1C(C)(C)C. The summed E-state index contributed by atoms with van der Waals surface area (Å²) in [6.45, 7) is 12.5. The Kier molecular flexibility index (Phi) is 4.25. The second-order valence-corrected chi connectivity index (χ2v) is 8.16. The van der Waals surface area contributed by atoms with Crippen molar-refractivity contribution < 1.29 is 4.79 Å². The summed E-state index contributed by atoms with van der Waals surface area (Å²) in [5.74, 6) is 0.165. The van der Waals surface area contributed by atoms with Crippen LogP contribution in [0.4, 0.5) is 0 Å². The number of likely N-dealkylation sites (tertiary alicyclic amines) is 1. The lowest BCUT2D eigenvalue weighted by Crippen LogP contribution is -2.44. The Morgan fingerprint density at radius 1 is 1.30 bits per heavy atom. The molecule has 0 atom stereocenters. The molecular weight excluding hydrogens is 288 g/mol. The molecule has 3 heterocycles. The minimum absolute atomic E-state index is 0.0919. The van der Waals surface area contributed by atoms with Gasteiger partial charge >= 0.3 is 0 Å². The van der Waals surface area contributed by atoms with Crippen LogP contribution >= 0.6 is 0 Å². The molecule has 0 bridgehead atoms. The Bertz CT molecular complexity index is 568. The molecule has 128 valence electrons. The molecule has 2 aliphatic rings. The summed E-state index contributed by atoms with van der Waals surface area (Å²) in [6.07, 6.45) is 6.12. The molecule has 1 aromatic rings. The Balaban J connectivity index is 1.75. The number of carbonyl (C=O) groups is 1. The molecule has 0 aromatic carbocycles. The van der Waals surface area contributed by atoms with Crippen molar-refractivity contribution in [3.8, 4) is 0 Å². The summed E-state index contributed by atoms with van der Waals surface area (Å²) in [4.78, 5) is 15.0. The lowest BCUT2D eigenvalue weighted by atomic mass is 9.78. The number of nitrogens with one attached hydrogen (secondary N) is 1. The summed E-state index contributed by atoms with van der Waals surface area (Å²) in [5, 5.41) is 7.98. The Morgan fingerprint density at radius 2 is 2.00 bits per heavy atom. The molecule has 2 fully saturated rings. The van der Waals surface area contributed by atoms with Gasteiger partial charge in [-0.3, -0.25) is 9.48 Å². The van der Waals surface area contributed by atoms with Gasteiger partial charge in [-0.1, -0.05) is 6.92 Å². The molecule has 0 saturated carbocycles. The normalized spacial score (nSPS) is 21.1. The molecule has 1 aromatic heterocycles. The van der Waals surface area contributed by atoms with E-state index in [0.29, 0.717) is 5.41 Å². The minimum atomic E-state index is -0.0919. The summed E-state index contributed by atoms with van der Waals surface area (Å²) >= 11 is 0. The molecule has 2 aliphatic heterocycles. The average molecular weight is 318 g/mol. The highest BCUT2D eigenvalue weighted by Crippen LogP contribution is 2.37. The highest BCUT2D eigenvalue weighted by atomic mass is 16.2. The first-order valence-electron chi connectivity index (χ1n) is 8.94. The third kappa shape index (κ3) is 3.03. The topological polar surface area (TPSA) is 50.2 Å². The molecular formula is C18H30N4O. The van der Waals surface area contributed by atoms with Gasteiger partial charge in [-0.25, -0.2) is 0 Å². The third-order valence-electron chi connectivity index (χ3n) is 5.51. The third-order valence-corrected chi connectivity index (χ3v) is 5.51. The van der Waals surface area contributed by atoms with Gasteiger partial charge < -0.3 is 10.2 Å². The number of piperidine rings is 1. The van der Waals surface area contributed by atoms with E-state index in [1.165, 1.54) is 6.42 Å². The van der Waals surface area contributed by atoms with E-state index in [1.54, 1.807) is 6.20 Å². The maximum absolute atomic E-state index is 13.0. The second kappa shape index (κ2) is 5.93. The summed E-state index contributed by atoms with van der Waals surface area (Å²) in [7, 11) is 0. The highest BCUT2D eigenvalue weighted by Gasteiger charge is 2.38. The summed E-state index contributed by atoms with van der Waals surface area (Å²) < 4.78 is 2.01. The van der Waals surface area contributed by atoms with Crippen LogP contribution in [0, 0.1) is 5.41 Å². The average Bonchev–Trinajstić information content (AvgIpc) is 3.13. The first kappa shape index (κ1) is 16.5. The molecule has 1 N–H and O–H groups in total. The maximum Gasteiger partial charge on any atom is 0.257 e. The molecule has 5 heteroatoms. The zero-order chi connectivity index (χ0) is 16.7. The van der Waals surface area contributed by atoms with E-state index in [9.17, 15) is 4.79 Å². The smallest absolute Gasteiger partial charge is 0.257 e. The van der Waals surface area contributed by atoms with Crippen molar-refractivity contribution in [3.05, 3.63) is 17.5 Å². The quantitative estimate of drug-likeness (QED) is 0.911. The van der Waals surface area contributed by atoms with Crippen LogP contribution in [0.3, 0.4) is 0 Å². The van der Waals surface area contributed by atoms with E-state index in [0.717, 1.165) is 56.7 Å². The molecule has 2 saturated heterocycles. The van der Waals surface area contributed by atoms with E-state index in [4.69, 9.17) is 0 Å². The van der Waals surface area contributed by atoms with Crippen molar-refractivity contribution in [2.75, 3.05) is 26.2 Å². The van der Waals surface area contributed by atoms with Crippen LogP contribution in [0.1, 0.15) is 63.0 Å². The van der Waals surface area contributed by atoms with Crippen LogP contribution in [0.5, 0.6) is 0 Å². The zero-order valence-corrected chi connectivity index (χ0v) is 15.0. The van der Waals surface area contributed by atoms with Crippen molar-refractivity contribution >= 4 is 5.91 Å². The van der Waals surface area contributed by atoms with Gasteiger partial charge in [-0.2, -0.15) is 5.10 Å². The van der Waals surface area contributed by atoms with E-state index in [1.807, 2.05) is 9.58 Å². The first-order chi connectivity index (χ1) is 10.9. The second-order valence-electron chi connectivity index (χ2n) is 8.16. The number of hydrogen-bond acceptors (Lipinski definition) is 3. The van der Waals surface area contributed by atoms with Gasteiger partial charge in [-0.05, 0) is 58.4 Å². The number of hydrogen-bond donors (Lipinski definition) is 1. The van der Waals surface area contributed by atoms with Crippen LogP contribution in [-0.2, 0) is 12.0 Å². The van der Waals surface area contributed by atoms with Gasteiger partial charge in [0.05, 0.1) is 23.0 Å². The van der Waals surface area contributed by atoms with Gasteiger partial charge in [0.1, 0.15) is 0 Å². The first-order valence-corrected chi connectivity index (χ1v) is 8.94. The van der Waals surface area contributed by atoms with Gasteiger partial charge in [-0.15, -0.1) is 0 Å². The van der Waals surface area contributed by atoms with E-state index in [2.05, 4.69) is 38.1 Å². The number of amides is 1. The molecule has 1 amide bonds. The van der Waals surface area contributed by atoms with Crippen LogP contribution in [0.15, 0.2) is 6.20 Å². The van der Waals surface area contributed by atoms with E-state index < -0.39 is 0 Å². The van der Waals surface area contributed by atoms with Crippen molar-refractivity contribution in [2.24, 2.45) is 5.41 Å². The Labute approximate surface area is 139 Å². The fourth-order valence-corrected chi connectivity index (χ4v) is 4.05. The van der Waals surface area contributed by atoms with E-state index >= 15 is 0 Å². The lowest BCUT2D eigenvalue weighted by molar-refractivity contribution is 0.0606. The highest BCUT2D eigenvalue weighted by molar-refractivity contribution is 5.95. The predicted molar refractivity (Wildman–Crippen MR) is 91.7 cm³/mol. The zero-order valence-electron chi connectivity index (χ0n) is 15.0. The fourth-order valence-electron chi connectivity index (χ4n) is 4.05. The minimum Gasteiger partial charge on any atom is -0.338 e. The van der Waals surface area contributed by atoms with Crippen LogP contribution < -0.4 is 5.32 Å². The summed E-state index contributed by atoms with van der Waals surface area (Å²) in [5.41, 5.74) is 2.21. The predicted octanol–water partition coefficient (Wildman–Crippen LogP) is 2.42. The van der Waals surface area contributed by atoms with Crippen molar-refractivity contribution in [2.45, 2.75) is 58.9 Å². The molecule has 3 rings (SSSR count). The van der Waals surface area contributed by atoms with Gasteiger partial charge in [0.15, 0.2) is 0 Å². The number of rotatable bonds is 2. The van der Waals surface area contributed by atoms with Gasteiger partial charge in [0, 0.05) is 19.6 Å². The van der Waals surface area contributed by atoms with Crippen molar-refractivity contribution in [1.82, 2.24) is 20.0 Å². The number of carbonyl (C=O) groups excluding carboxylic acids is 1. The van der Waals surface area contributed by atoms with Crippen molar-refractivity contribution in [3.63, 3.8) is 0 Å². The van der Waals surface area contributed by atoms with Gasteiger partial charge in [0.2, 0.25) is 0 Å². The summed E-state index contributed by atoms with van der Waals surface area (Å²) in [6, 6.07) is 0. The van der Waals surface area contributed by atoms with Crippen LogP contribution in [-0.4, -0.2) is 46.8 Å². The van der Waals surface area contributed by atoms with Crippen LogP contribution in [0.25, 0.3) is 0 Å². The fraction of sp³-hybridized carbons (Fsp3) is 0.778. The number of nitrogens with zero attached hydrogens (tertiary/aromatic N) is 3. The molecule has 0 aliphatic carbocycles.